The molecule has 2 aromatic heterocycles. The summed E-state index contributed by atoms with van der Waals surface area (Å²) in [4.78, 5) is 4.15. The van der Waals surface area contributed by atoms with Gasteiger partial charge in [-0.2, -0.15) is 5.10 Å². The molecule has 0 aliphatic heterocycles. The Labute approximate surface area is 108 Å². The molecule has 7 heteroatoms. The van der Waals surface area contributed by atoms with Crippen molar-refractivity contribution in [2.75, 3.05) is 0 Å². The number of hydrogen-bond acceptors (Lipinski definition) is 5. The van der Waals surface area contributed by atoms with Gasteiger partial charge in [-0.15, -0.1) is 11.3 Å². The lowest BCUT2D eigenvalue weighted by Gasteiger charge is -2.00. The predicted octanol–water partition coefficient (Wildman–Crippen LogP) is 1.92. The highest BCUT2D eigenvalue weighted by molar-refractivity contribution is 7.92. The fourth-order valence-electron chi connectivity index (χ4n) is 1.59. The van der Waals surface area contributed by atoms with Crippen LogP contribution in [0.15, 0.2) is 47.1 Å². The molecule has 2 heterocycles. The van der Waals surface area contributed by atoms with Crippen LogP contribution >= 0.6 is 11.3 Å². The molecule has 0 aliphatic carbocycles. The second-order valence-corrected chi connectivity index (χ2v) is 6.90. The van der Waals surface area contributed by atoms with E-state index in [2.05, 4.69) is 10.1 Å². The lowest BCUT2D eigenvalue weighted by Crippen LogP contribution is -2.11. The summed E-state index contributed by atoms with van der Waals surface area (Å²) >= 11 is 1.19. The smallest absolute Gasteiger partial charge is 0.225 e. The zero-order valence-corrected chi connectivity index (χ0v) is 10.9. The maximum Gasteiger partial charge on any atom is 0.225 e. The normalized spacial score (nSPS) is 12.0. The van der Waals surface area contributed by atoms with Gasteiger partial charge in [0.1, 0.15) is 5.88 Å². The Morgan fingerprint density at radius 3 is 2.78 bits per heavy atom. The van der Waals surface area contributed by atoms with E-state index in [4.69, 9.17) is 0 Å². The summed E-state index contributed by atoms with van der Waals surface area (Å²) in [5.74, 6) is -0.181. The zero-order valence-electron chi connectivity index (χ0n) is 9.22. The molecule has 1 aromatic carbocycles. The molecule has 3 aromatic rings. The van der Waals surface area contributed by atoms with Gasteiger partial charge in [0.05, 0.1) is 10.2 Å². The average Bonchev–Trinajstić information content (AvgIpc) is 2.96. The lowest BCUT2D eigenvalue weighted by molar-refractivity contribution is 0.575. The van der Waals surface area contributed by atoms with Crippen LogP contribution in [0.4, 0.5) is 0 Å². The van der Waals surface area contributed by atoms with Crippen LogP contribution in [-0.4, -0.2) is 23.2 Å². The molecule has 0 N–H and O–H groups in total. The minimum atomic E-state index is -3.44. The van der Waals surface area contributed by atoms with Crippen molar-refractivity contribution in [3.8, 4) is 0 Å². The first kappa shape index (κ1) is 11.4. The van der Waals surface area contributed by atoms with E-state index in [0.29, 0.717) is 5.52 Å². The number of thiazole rings is 1. The molecule has 5 nitrogen and oxygen atoms in total. The van der Waals surface area contributed by atoms with Gasteiger partial charge >= 0.3 is 0 Å². The standard InChI is InChI=1S/C11H9N3O2S2/c15-18(16,8-14-7-3-6-12-14)11-13-9-4-1-2-5-10(9)17-11/h1-7H,8H2. The van der Waals surface area contributed by atoms with Gasteiger partial charge < -0.3 is 0 Å². The molecule has 0 fully saturated rings. The third kappa shape index (κ3) is 2.02. The van der Waals surface area contributed by atoms with Gasteiger partial charge in [0.2, 0.25) is 14.2 Å². The molecule has 0 unspecified atom stereocenters. The lowest BCUT2D eigenvalue weighted by atomic mass is 10.3. The van der Waals surface area contributed by atoms with Crippen LogP contribution in [0.1, 0.15) is 0 Å². The van der Waals surface area contributed by atoms with Crippen molar-refractivity contribution in [1.82, 2.24) is 14.8 Å². The van der Waals surface area contributed by atoms with Crippen molar-refractivity contribution in [2.24, 2.45) is 0 Å². The highest BCUT2D eigenvalue weighted by Crippen LogP contribution is 2.26. The quantitative estimate of drug-likeness (QED) is 0.734. The van der Waals surface area contributed by atoms with E-state index in [1.54, 1.807) is 24.5 Å². The third-order valence-electron chi connectivity index (χ3n) is 2.40. The molecular formula is C11H9N3O2S2. The van der Waals surface area contributed by atoms with Crippen molar-refractivity contribution < 1.29 is 8.42 Å². The molecular weight excluding hydrogens is 270 g/mol. The minimum absolute atomic E-state index is 0.138. The van der Waals surface area contributed by atoms with Gasteiger partial charge in [0, 0.05) is 12.4 Å². The van der Waals surface area contributed by atoms with Crippen LogP contribution in [-0.2, 0) is 15.7 Å². The Morgan fingerprint density at radius 1 is 1.22 bits per heavy atom. The number of para-hydroxylation sites is 1. The van der Waals surface area contributed by atoms with E-state index in [9.17, 15) is 8.42 Å². The molecule has 0 saturated heterocycles. The number of sulfone groups is 1. The fraction of sp³-hybridized carbons (Fsp3) is 0.0909. The summed E-state index contributed by atoms with van der Waals surface area (Å²) in [6, 6.07) is 9.06. The summed E-state index contributed by atoms with van der Waals surface area (Å²) in [6.07, 6.45) is 3.17. The highest BCUT2D eigenvalue weighted by atomic mass is 32.2. The second-order valence-electron chi connectivity index (χ2n) is 3.74. The maximum absolute atomic E-state index is 12.2. The van der Waals surface area contributed by atoms with Crippen LogP contribution < -0.4 is 0 Å². The van der Waals surface area contributed by atoms with Crippen molar-refractivity contribution in [1.29, 1.82) is 0 Å². The molecule has 0 amide bonds. The summed E-state index contributed by atoms with van der Waals surface area (Å²) in [5, 5.41) is 3.90. The van der Waals surface area contributed by atoms with E-state index in [0.717, 1.165) is 4.70 Å². The monoisotopic (exact) mass is 279 g/mol. The number of fused-ring (bicyclic) bond motifs is 1. The van der Waals surface area contributed by atoms with Gasteiger partial charge in [0.15, 0.2) is 0 Å². The number of nitrogens with zero attached hydrogens (tertiary/aromatic N) is 3. The topological polar surface area (TPSA) is 64.8 Å². The van der Waals surface area contributed by atoms with Gasteiger partial charge in [-0.05, 0) is 18.2 Å². The number of hydrogen-bond donors (Lipinski definition) is 0. The molecule has 0 bridgehead atoms. The maximum atomic E-state index is 12.2. The van der Waals surface area contributed by atoms with E-state index >= 15 is 0 Å². The molecule has 0 saturated carbocycles. The largest absolute Gasteiger partial charge is 0.257 e. The van der Waals surface area contributed by atoms with E-state index in [-0.39, 0.29) is 10.2 Å². The third-order valence-corrected chi connectivity index (χ3v) is 5.47. The number of benzene rings is 1. The Kier molecular flexibility index (Phi) is 2.64. The number of rotatable bonds is 3. The molecule has 92 valence electrons. The van der Waals surface area contributed by atoms with E-state index in [1.807, 2.05) is 18.2 Å². The molecule has 0 radical (unpaired) electrons. The van der Waals surface area contributed by atoms with Crippen LogP contribution in [0.25, 0.3) is 10.2 Å². The van der Waals surface area contributed by atoms with Crippen molar-refractivity contribution in [2.45, 2.75) is 10.2 Å². The molecule has 3 rings (SSSR count). The highest BCUT2D eigenvalue weighted by Gasteiger charge is 2.20. The van der Waals surface area contributed by atoms with Gasteiger partial charge in [0.25, 0.3) is 0 Å². The fourth-order valence-corrected chi connectivity index (χ4v) is 4.07. The van der Waals surface area contributed by atoms with Crippen molar-refractivity contribution in [3.63, 3.8) is 0 Å². The average molecular weight is 279 g/mol. The Bertz CT molecular complexity index is 743. The first-order valence-electron chi connectivity index (χ1n) is 5.21. The molecule has 0 spiro atoms. The van der Waals surface area contributed by atoms with E-state index < -0.39 is 9.84 Å². The first-order valence-corrected chi connectivity index (χ1v) is 7.68. The predicted molar refractivity (Wildman–Crippen MR) is 69.0 cm³/mol. The Morgan fingerprint density at radius 2 is 2.06 bits per heavy atom. The van der Waals surface area contributed by atoms with E-state index in [1.165, 1.54) is 16.0 Å². The van der Waals surface area contributed by atoms with Gasteiger partial charge in [-0.3, -0.25) is 4.68 Å². The molecule has 0 aliphatic rings. The SMILES string of the molecule is O=S(=O)(Cn1cccn1)c1nc2ccccc2s1. The van der Waals surface area contributed by atoms with Crippen LogP contribution in [0.5, 0.6) is 0 Å². The molecule has 18 heavy (non-hydrogen) atoms. The number of aromatic nitrogens is 3. The first-order chi connectivity index (χ1) is 8.65. The molecule has 0 atom stereocenters. The zero-order chi connectivity index (χ0) is 12.6. The van der Waals surface area contributed by atoms with Crippen LogP contribution in [0.3, 0.4) is 0 Å². The minimum Gasteiger partial charge on any atom is -0.257 e. The van der Waals surface area contributed by atoms with Crippen molar-refractivity contribution in [3.05, 3.63) is 42.7 Å². The van der Waals surface area contributed by atoms with Gasteiger partial charge in [-0.25, -0.2) is 13.4 Å². The van der Waals surface area contributed by atoms with Crippen molar-refractivity contribution >= 4 is 31.4 Å². The summed E-state index contributed by atoms with van der Waals surface area (Å²) in [5.41, 5.74) is 0.710. The summed E-state index contributed by atoms with van der Waals surface area (Å²) < 4.78 is 26.7. The summed E-state index contributed by atoms with van der Waals surface area (Å²) in [6.45, 7) is 0. The van der Waals surface area contributed by atoms with Crippen LogP contribution in [0.2, 0.25) is 0 Å². The Hall–Kier alpha value is -1.73. The Balaban J connectivity index is 2.02. The summed E-state index contributed by atoms with van der Waals surface area (Å²) in [7, 11) is -3.44. The van der Waals surface area contributed by atoms with Gasteiger partial charge in [-0.1, -0.05) is 12.1 Å². The van der Waals surface area contributed by atoms with Crippen LogP contribution in [0, 0.1) is 0 Å². The second kappa shape index (κ2) is 4.18.